The molecule has 1 heterocycles. The molecule has 0 unspecified atom stereocenters. The van der Waals surface area contributed by atoms with E-state index in [4.69, 9.17) is 9.15 Å². The first-order chi connectivity index (χ1) is 9.15. The van der Waals surface area contributed by atoms with E-state index in [9.17, 15) is 4.79 Å². The molecule has 1 aromatic carbocycles. The van der Waals surface area contributed by atoms with Crippen molar-refractivity contribution in [2.24, 2.45) is 0 Å². The van der Waals surface area contributed by atoms with Gasteiger partial charge in [0.15, 0.2) is 0 Å². The summed E-state index contributed by atoms with van der Waals surface area (Å²) < 4.78 is 12.3. The number of nitrogens with zero attached hydrogens (tertiary/aromatic N) is 1. The molecule has 2 rings (SSSR count). The molecule has 102 valence electrons. The average molecular weight is 410 g/mol. The van der Waals surface area contributed by atoms with Crippen LogP contribution in [0.2, 0.25) is 0 Å². The standard InChI is InChI=1S/C11H10Br2N2O3S/c12-7-1-2-9(8(13)5-7)17-3-4-19-6-10-14-15-11(16)18-10/h1-2,5H,3-4,6H2,(H,15,16). The number of hydrogen-bond acceptors (Lipinski definition) is 5. The molecule has 0 spiro atoms. The van der Waals surface area contributed by atoms with Gasteiger partial charge in [-0.2, -0.15) is 0 Å². The van der Waals surface area contributed by atoms with Crippen LogP contribution in [0.1, 0.15) is 5.89 Å². The summed E-state index contributed by atoms with van der Waals surface area (Å²) in [6, 6.07) is 5.75. The second-order valence-electron chi connectivity index (χ2n) is 3.48. The van der Waals surface area contributed by atoms with E-state index in [0.717, 1.165) is 20.4 Å². The molecule has 1 N–H and O–H groups in total. The summed E-state index contributed by atoms with van der Waals surface area (Å²) in [5, 5.41) is 5.94. The predicted molar refractivity (Wildman–Crippen MR) is 80.6 cm³/mol. The van der Waals surface area contributed by atoms with Crippen molar-refractivity contribution in [1.29, 1.82) is 0 Å². The van der Waals surface area contributed by atoms with Crippen molar-refractivity contribution in [3.8, 4) is 5.75 Å². The lowest BCUT2D eigenvalue weighted by molar-refractivity contribution is 0.341. The highest BCUT2D eigenvalue weighted by Crippen LogP contribution is 2.28. The van der Waals surface area contributed by atoms with Gasteiger partial charge in [0.05, 0.1) is 16.8 Å². The highest BCUT2D eigenvalue weighted by molar-refractivity contribution is 9.11. The van der Waals surface area contributed by atoms with Crippen molar-refractivity contribution < 1.29 is 9.15 Å². The lowest BCUT2D eigenvalue weighted by Gasteiger charge is -2.07. The van der Waals surface area contributed by atoms with Crippen LogP contribution in [0.5, 0.6) is 5.75 Å². The minimum Gasteiger partial charge on any atom is -0.492 e. The maximum absolute atomic E-state index is 10.7. The van der Waals surface area contributed by atoms with Crippen molar-refractivity contribution in [3.63, 3.8) is 0 Å². The van der Waals surface area contributed by atoms with Crippen molar-refractivity contribution in [1.82, 2.24) is 10.2 Å². The lowest BCUT2D eigenvalue weighted by atomic mass is 10.3. The van der Waals surface area contributed by atoms with Crippen LogP contribution in [0.3, 0.4) is 0 Å². The first-order valence-electron chi connectivity index (χ1n) is 5.35. The second-order valence-corrected chi connectivity index (χ2v) is 6.36. The van der Waals surface area contributed by atoms with E-state index in [1.54, 1.807) is 11.8 Å². The Balaban J connectivity index is 1.70. The molecule has 0 bridgehead atoms. The number of thioether (sulfide) groups is 1. The van der Waals surface area contributed by atoms with Gasteiger partial charge in [-0.05, 0) is 34.1 Å². The number of ether oxygens (including phenoxy) is 1. The number of benzene rings is 1. The van der Waals surface area contributed by atoms with Crippen molar-refractivity contribution in [3.05, 3.63) is 43.6 Å². The van der Waals surface area contributed by atoms with Gasteiger partial charge in [0.25, 0.3) is 0 Å². The fourth-order valence-electron chi connectivity index (χ4n) is 1.28. The molecule has 5 nitrogen and oxygen atoms in total. The number of aromatic amines is 1. The molecule has 2 aromatic rings. The Kier molecular flexibility index (Phi) is 5.53. The summed E-state index contributed by atoms with van der Waals surface area (Å²) in [4.78, 5) is 10.7. The SMILES string of the molecule is O=c1[nH]nc(CSCCOc2ccc(Br)cc2Br)o1. The molecule has 0 fully saturated rings. The van der Waals surface area contributed by atoms with Crippen molar-refractivity contribution >= 4 is 43.6 Å². The van der Waals surface area contributed by atoms with E-state index < -0.39 is 5.76 Å². The van der Waals surface area contributed by atoms with E-state index in [0.29, 0.717) is 18.3 Å². The molecule has 0 amide bonds. The van der Waals surface area contributed by atoms with Crippen molar-refractivity contribution in [2.75, 3.05) is 12.4 Å². The summed E-state index contributed by atoms with van der Waals surface area (Å²) in [6.07, 6.45) is 0. The van der Waals surface area contributed by atoms with Crippen LogP contribution in [-0.2, 0) is 5.75 Å². The van der Waals surface area contributed by atoms with Crippen LogP contribution in [0.4, 0.5) is 0 Å². The Morgan fingerprint density at radius 3 is 2.95 bits per heavy atom. The zero-order valence-electron chi connectivity index (χ0n) is 9.69. The number of rotatable bonds is 6. The lowest BCUT2D eigenvalue weighted by Crippen LogP contribution is -2.01. The fourth-order valence-corrected chi connectivity index (χ4v) is 3.09. The molecule has 0 saturated heterocycles. The number of hydrogen-bond donors (Lipinski definition) is 1. The maximum Gasteiger partial charge on any atom is 0.434 e. The molecular weight excluding hydrogens is 400 g/mol. The zero-order chi connectivity index (χ0) is 13.7. The zero-order valence-corrected chi connectivity index (χ0v) is 13.7. The smallest absolute Gasteiger partial charge is 0.434 e. The number of H-pyrrole nitrogens is 1. The normalized spacial score (nSPS) is 10.6. The third-order valence-electron chi connectivity index (χ3n) is 2.09. The van der Waals surface area contributed by atoms with Gasteiger partial charge in [-0.1, -0.05) is 15.9 Å². The van der Waals surface area contributed by atoms with E-state index in [-0.39, 0.29) is 0 Å². The second kappa shape index (κ2) is 7.16. The number of aromatic nitrogens is 2. The summed E-state index contributed by atoms with van der Waals surface area (Å²) in [6.45, 7) is 0.569. The Hall–Kier alpha value is -0.730. The van der Waals surface area contributed by atoms with Gasteiger partial charge in [-0.15, -0.1) is 16.9 Å². The number of nitrogens with one attached hydrogen (secondary N) is 1. The summed E-state index contributed by atoms with van der Waals surface area (Å²) in [5.74, 6) is 2.00. The Bertz CT molecular complexity index is 600. The molecule has 0 atom stereocenters. The highest BCUT2D eigenvalue weighted by Gasteiger charge is 2.03. The minimum absolute atomic E-state index is 0.403. The number of halogens is 2. The van der Waals surface area contributed by atoms with Gasteiger partial charge in [0.2, 0.25) is 5.89 Å². The van der Waals surface area contributed by atoms with E-state index in [2.05, 4.69) is 42.1 Å². The third-order valence-corrected chi connectivity index (χ3v) is 4.11. The van der Waals surface area contributed by atoms with Crippen molar-refractivity contribution in [2.45, 2.75) is 5.75 Å². The molecule has 0 aliphatic rings. The Morgan fingerprint density at radius 1 is 1.42 bits per heavy atom. The summed E-state index contributed by atoms with van der Waals surface area (Å²) >= 11 is 8.39. The molecule has 0 saturated carbocycles. The van der Waals surface area contributed by atoms with Gasteiger partial charge in [0, 0.05) is 10.2 Å². The van der Waals surface area contributed by atoms with E-state index >= 15 is 0 Å². The molecule has 0 aliphatic heterocycles. The molecule has 1 aromatic heterocycles. The molecule has 8 heteroatoms. The Labute approximate surface area is 130 Å². The van der Waals surface area contributed by atoms with Crippen LogP contribution in [0.25, 0.3) is 0 Å². The summed E-state index contributed by atoms with van der Waals surface area (Å²) in [5.41, 5.74) is 0. The van der Waals surface area contributed by atoms with Crippen LogP contribution < -0.4 is 10.5 Å². The van der Waals surface area contributed by atoms with Crippen LogP contribution in [-0.4, -0.2) is 22.6 Å². The third kappa shape index (κ3) is 4.70. The van der Waals surface area contributed by atoms with Gasteiger partial charge in [-0.25, -0.2) is 9.89 Å². The van der Waals surface area contributed by atoms with Gasteiger partial charge in [-0.3, -0.25) is 0 Å². The molecule has 19 heavy (non-hydrogen) atoms. The fraction of sp³-hybridized carbons (Fsp3) is 0.273. The maximum atomic E-state index is 10.7. The topological polar surface area (TPSA) is 68.1 Å². The molecule has 0 radical (unpaired) electrons. The van der Waals surface area contributed by atoms with E-state index in [1.807, 2.05) is 18.2 Å². The van der Waals surface area contributed by atoms with Gasteiger partial charge >= 0.3 is 5.76 Å². The largest absolute Gasteiger partial charge is 0.492 e. The first kappa shape index (κ1) is 14.7. The Morgan fingerprint density at radius 2 is 2.26 bits per heavy atom. The monoisotopic (exact) mass is 408 g/mol. The van der Waals surface area contributed by atoms with Crippen LogP contribution >= 0.6 is 43.6 Å². The average Bonchev–Trinajstić information content (AvgIpc) is 2.77. The van der Waals surface area contributed by atoms with Crippen LogP contribution in [0.15, 0.2) is 36.4 Å². The first-order valence-corrected chi connectivity index (χ1v) is 8.09. The minimum atomic E-state index is -0.523. The quantitative estimate of drug-likeness (QED) is 0.742. The van der Waals surface area contributed by atoms with Gasteiger partial charge < -0.3 is 9.15 Å². The van der Waals surface area contributed by atoms with Crippen LogP contribution in [0, 0.1) is 0 Å². The molecule has 0 aliphatic carbocycles. The van der Waals surface area contributed by atoms with Gasteiger partial charge in [0.1, 0.15) is 5.75 Å². The molecular formula is C11H10Br2N2O3S. The predicted octanol–water partition coefficient (Wildman–Crippen LogP) is 3.20. The highest BCUT2D eigenvalue weighted by atomic mass is 79.9. The summed E-state index contributed by atoms with van der Waals surface area (Å²) in [7, 11) is 0. The van der Waals surface area contributed by atoms with E-state index in [1.165, 1.54) is 0 Å².